The van der Waals surface area contributed by atoms with Crippen LogP contribution in [-0.2, 0) is 10.0 Å². The molecule has 0 aromatic carbocycles. The summed E-state index contributed by atoms with van der Waals surface area (Å²) in [5.41, 5.74) is 8.22. The van der Waals surface area contributed by atoms with Gasteiger partial charge in [0.2, 0.25) is 21.9 Å². The molecule has 0 bridgehead atoms. The summed E-state index contributed by atoms with van der Waals surface area (Å²) < 4.78 is 28.7. The summed E-state index contributed by atoms with van der Waals surface area (Å²) >= 11 is 0. The first-order valence-corrected chi connectivity index (χ1v) is 12.9. The molecule has 0 spiro atoms. The molecular weight excluding hydrogens is 430 g/mol. The van der Waals surface area contributed by atoms with E-state index >= 15 is 0 Å². The molecule has 0 radical (unpaired) electrons. The molecule has 0 aliphatic carbocycles. The Morgan fingerprint density at radius 1 is 1.06 bits per heavy atom. The lowest BCUT2D eigenvalue weighted by Crippen LogP contribution is -2.38. The maximum Gasteiger partial charge on any atom is 0.240 e. The van der Waals surface area contributed by atoms with Gasteiger partial charge >= 0.3 is 0 Å². The van der Waals surface area contributed by atoms with Crippen LogP contribution in [0.4, 0.5) is 11.9 Å². The smallest absolute Gasteiger partial charge is 0.240 e. The lowest BCUT2D eigenvalue weighted by atomic mass is 10.00. The van der Waals surface area contributed by atoms with E-state index in [1.54, 1.807) is 4.52 Å². The first-order chi connectivity index (χ1) is 15.3. The summed E-state index contributed by atoms with van der Waals surface area (Å²) in [7, 11) is -3.14. The molecule has 11 nitrogen and oxygen atoms in total. The van der Waals surface area contributed by atoms with Crippen molar-refractivity contribution in [3.05, 3.63) is 18.5 Å². The third kappa shape index (κ3) is 4.04. The van der Waals surface area contributed by atoms with Gasteiger partial charge in [0.25, 0.3) is 0 Å². The summed E-state index contributed by atoms with van der Waals surface area (Å²) in [5, 5.41) is 8.92. The van der Waals surface area contributed by atoms with Crippen LogP contribution in [0.3, 0.4) is 0 Å². The topological polar surface area (TPSA) is 128 Å². The number of fused-ring (bicyclic) bond motifs is 1. The zero-order valence-corrected chi connectivity index (χ0v) is 19.2. The minimum Gasteiger partial charge on any atom is -0.366 e. The molecule has 0 amide bonds. The molecule has 2 fully saturated rings. The van der Waals surface area contributed by atoms with Crippen LogP contribution in [0.2, 0.25) is 0 Å². The molecule has 2 N–H and O–H groups in total. The number of anilines is 2. The third-order valence-corrected chi connectivity index (χ3v) is 7.86. The Labute approximate surface area is 187 Å². The second kappa shape index (κ2) is 8.00. The van der Waals surface area contributed by atoms with E-state index < -0.39 is 10.0 Å². The Balaban J connectivity index is 1.43. The van der Waals surface area contributed by atoms with Crippen LogP contribution < -0.4 is 10.6 Å². The van der Waals surface area contributed by atoms with Crippen LogP contribution in [0.5, 0.6) is 0 Å². The van der Waals surface area contributed by atoms with E-state index in [1.165, 1.54) is 10.6 Å². The fraction of sp³-hybridized carbons (Fsp3) is 0.600. The zero-order valence-electron chi connectivity index (χ0n) is 18.4. The number of aromatic nitrogens is 6. The van der Waals surface area contributed by atoms with Crippen molar-refractivity contribution < 1.29 is 8.42 Å². The molecule has 12 heteroatoms. The van der Waals surface area contributed by atoms with Gasteiger partial charge in [0.1, 0.15) is 0 Å². The monoisotopic (exact) mass is 459 g/mol. The molecular formula is C20H29N9O2S. The van der Waals surface area contributed by atoms with Crippen molar-refractivity contribution in [3.63, 3.8) is 0 Å². The van der Waals surface area contributed by atoms with Crippen molar-refractivity contribution in [2.45, 2.75) is 38.6 Å². The minimum atomic E-state index is -3.14. The van der Waals surface area contributed by atoms with Crippen molar-refractivity contribution in [1.82, 2.24) is 33.7 Å². The number of nitrogens with two attached hydrogens (primary N) is 1. The second-order valence-corrected chi connectivity index (χ2v) is 10.9. The van der Waals surface area contributed by atoms with Gasteiger partial charge in [0.05, 0.1) is 24.2 Å². The molecule has 172 valence electrons. The summed E-state index contributed by atoms with van der Waals surface area (Å²) in [6.45, 7) is 5.15. The second-order valence-electron chi connectivity index (χ2n) is 8.95. The molecule has 2 aliphatic rings. The first-order valence-electron chi connectivity index (χ1n) is 11.1. The van der Waals surface area contributed by atoms with Crippen molar-refractivity contribution in [2.75, 3.05) is 43.1 Å². The normalized spacial score (nSPS) is 19.8. The number of sulfonamides is 1. The molecule has 2 aliphatic heterocycles. The van der Waals surface area contributed by atoms with Crippen molar-refractivity contribution >= 4 is 27.6 Å². The number of piperidine rings is 2. The highest BCUT2D eigenvalue weighted by Crippen LogP contribution is 2.29. The fourth-order valence-corrected chi connectivity index (χ4v) is 5.43. The number of nitrogens with zero attached hydrogens (tertiary/aromatic N) is 8. The van der Waals surface area contributed by atoms with Gasteiger partial charge in [0, 0.05) is 44.0 Å². The SMILES string of the molecule is CC1CCN(c2nc(-c3cnn(C4CCN(S(C)(=O)=O)CC4)c3)cc3nc(N)nn23)CC1. The predicted octanol–water partition coefficient (Wildman–Crippen LogP) is 1.40. The number of hydrogen-bond donors (Lipinski definition) is 1. The quantitative estimate of drug-likeness (QED) is 0.620. The summed E-state index contributed by atoms with van der Waals surface area (Å²) in [5.74, 6) is 1.69. The Morgan fingerprint density at radius 3 is 2.47 bits per heavy atom. The van der Waals surface area contributed by atoms with E-state index in [9.17, 15) is 8.42 Å². The summed E-state index contributed by atoms with van der Waals surface area (Å²) in [6, 6.07) is 2.05. The molecule has 0 atom stereocenters. The van der Waals surface area contributed by atoms with Crippen LogP contribution in [-0.4, -0.2) is 74.5 Å². The zero-order chi connectivity index (χ0) is 22.5. The minimum absolute atomic E-state index is 0.164. The molecule has 3 aromatic rings. The molecule has 0 unspecified atom stereocenters. The van der Waals surface area contributed by atoms with Gasteiger partial charge in [-0.25, -0.2) is 17.7 Å². The molecule has 32 heavy (non-hydrogen) atoms. The summed E-state index contributed by atoms with van der Waals surface area (Å²) in [4.78, 5) is 11.5. The highest BCUT2D eigenvalue weighted by Gasteiger charge is 2.27. The molecule has 2 saturated heterocycles. The van der Waals surface area contributed by atoms with Crippen LogP contribution in [0.1, 0.15) is 38.6 Å². The van der Waals surface area contributed by atoms with E-state index in [0.29, 0.717) is 24.7 Å². The maximum absolute atomic E-state index is 11.8. The first kappa shape index (κ1) is 21.1. The van der Waals surface area contributed by atoms with Crippen LogP contribution in [0, 0.1) is 5.92 Å². The van der Waals surface area contributed by atoms with E-state index in [1.807, 2.05) is 23.1 Å². The van der Waals surface area contributed by atoms with Gasteiger partial charge in [-0.2, -0.15) is 14.6 Å². The van der Waals surface area contributed by atoms with Gasteiger partial charge in [-0.15, -0.1) is 5.10 Å². The highest BCUT2D eigenvalue weighted by atomic mass is 32.2. The molecule has 5 rings (SSSR count). The molecule has 3 aromatic heterocycles. The maximum atomic E-state index is 11.8. The summed E-state index contributed by atoms with van der Waals surface area (Å²) in [6.07, 6.45) is 8.75. The van der Waals surface area contributed by atoms with Gasteiger partial charge < -0.3 is 10.6 Å². The van der Waals surface area contributed by atoms with Crippen molar-refractivity contribution in [1.29, 1.82) is 0 Å². The van der Waals surface area contributed by atoms with Gasteiger partial charge in [-0.3, -0.25) is 4.68 Å². The molecule has 5 heterocycles. The lowest BCUT2D eigenvalue weighted by Gasteiger charge is -2.31. The van der Waals surface area contributed by atoms with Crippen LogP contribution in [0.25, 0.3) is 16.9 Å². The Bertz CT molecular complexity index is 1220. The van der Waals surface area contributed by atoms with Gasteiger partial charge in [0.15, 0.2) is 5.65 Å². The third-order valence-electron chi connectivity index (χ3n) is 6.55. The number of rotatable bonds is 4. The number of nitrogen functional groups attached to an aromatic ring is 1. The van der Waals surface area contributed by atoms with E-state index in [0.717, 1.165) is 56.0 Å². The van der Waals surface area contributed by atoms with Crippen LogP contribution in [0.15, 0.2) is 18.5 Å². The van der Waals surface area contributed by atoms with Crippen molar-refractivity contribution in [2.24, 2.45) is 5.92 Å². The Morgan fingerprint density at radius 2 is 1.78 bits per heavy atom. The van der Waals surface area contributed by atoms with Gasteiger partial charge in [-0.1, -0.05) is 6.92 Å². The van der Waals surface area contributed by atoms with E-state index in [4.69, 9.17) is 10.7 Å². The standard InChI is InChI=1S/C20H29N9O2S/c1-14-3-7-26(8-4-14)20-23-17(11-18-24-19(21)25-29(18)20)15-12-22-28(13-15)16-5-9-27(10-6-16)32(2,30)31/h11-14,16H,3-10H2,1-2H3,(H2,21,25). The average molecular weight is 460 g/mol. The van der Waals surface area contributed by atoms with Gasteiger partial charge in [-0.05, 0) is 31.6 Å². The fourth-order valence-electron chi connectivity index (χ4n) is 4.56. The van der Waals surface area contributed by atoms with E-state index in [-0.39, 0.29) is 12.0 Å². The van der Waals surface area contributed by atoms with Crippen LogP contribution >= 0.6 is 0 Å². The molecule has 0 saturated carbocycles. The highest BCUT2D eigenvalue weighted by molar-refractivity contribution is 7.88. The Hall–Kier alpha value is -2.73. The lowest BCUT2D eigenvalue weighted by molar-refractivity contribution is 0.262. The van der Waals surface area contributed by atoms with E-state index in [2.05, 4.69) is 27.0 Å². The number of hydrogen-bond acceptors (Lipinski definition) is 8. The predicted molar refractivity (Wildman–Crippen MR) is 122 cm³/mol. The average Bonchev–Trinajstić information content (AvgIpc) is 3.39. The Kier molecular flexibility index (Phi) is 5.28. The largest absolute Gasteiger partial charge is 0.366 e. The van der Waals surface area contributed by atoms with Crippen molar-refractivity contribution in [3.8, 4) is 11.3 Å².